The van der Waals surface area contributed by atoms with Crippen molar-refractivity contribution < 1.29 is 4.21 Å². The zero-order chi connectivity index (χ0) is 14.9. The lowest BCUT2D eigenvalue weighted by molar-refractivity contribution is 0.206. The average Bonchev–Trinajstić information content (AvgIpc) is 2.80. The molecule has 1 aromatic heterocycles. The third-order valence-corrected chi connectivity index (χ3v) is 6.42. The van der Waals surface area contributed by atoms with Gasteiger partial charge in [-0.3, -0.25) is 0 Å². The zero-order valence-corrected chi connectivity index (χ0v) is 14.3. The third-order valence-electron chi connectivity index (χ3n) is 3.25. The van der Waals surface area contributed by atoms with Gasteiger partial charge >= 0.3 is 0 Å². The van der Waals surface area contributed by atoms with Gasteiger partial charge < -0.3 is 0 Å². The fourth-order valence-electron chi connectivity index (χ4n) is 2.25. The number of fused-ring (bicyclic) bond motifs is 1. The van der Waals surface area contributed by atoms with Gasteiger partial charge in [0.05, 0.1) is 10.2 Å². The lowest BCUT2D eigenvalue weighted by Crippen LogP contribution is -2.47. The normalized spacial score (nSPS) is 15.7. The third kappa shape index (κ3) is 3.10. The van der Waals surface area contributed by atoms with Crippen LogP contribution in [0, 0.1) is 0 Å². The second kappa shape index (κ2) is 5.92. The molecule has 5 heteroatoms. The Bertz CT molecular complexity index is 583. The number of rotatable bonds is 4. The van der Waals surface area contributed by atoms with Crippen LogP contribution in [0.4, 0.5) is 0 Å². The van der Waals surface area contributed by atoms with Crippen molar-refractivity contribution in [3.05, 3.63) is 24.3 Å². The number of benzene rings is 1. The molecule has 0 spiro atoms. The summed E-state index contributed by atoms with van der Waals surface area (Å²) in [4.78, 5) is 4.54. The van der Waals surface area contributed by atoms with Gasteiger partial charge in [-0.25, -0.2) is 13.5 Å². The maximum atomic E-state index is 12.9. The molecule has 0 fully saturated rings. The Morgan fingerprint density at radius 2 is 2.00 bits per heavy atom. The number of hydrogen-bond acceptors (Lipinski definition) is 3. The molecule has 0 amide bonds. The molecule has 110 valence electrons. The highest BCUT2D eigenvalue weighted by molar-refractivity contribution is 7.85. The predicted octanol–water partition coefficient (Wildman–Crippen LogP) is 4.22. The molecule has 0 aliphatic heterocycles. The molecule has 0 radical (unpaired) electrons. The van der Waals surface area contributed by atoms with Crippen LogP contribution in [-0.4, -0.2) is 25.1 Å². The fourth-order valence-corrected chi connectivity index (χ4v) is 5.06. The molecule has 2 unspecified atom stereocenters. The van der Waals surface area contributed by atoms with E-state index in [0.29, 0.717) is 4.34 Å². The van der Waals surface area contributed by atoms with E-state index in [9.17, 15) is 4.21 Å². The second-order valence-electron chi connectivity index (χ2n) is 5.95. The lowest BCUT2D eigenvalue weighted by Gasteiger charge is -2.37. The molecule has 0 saturated heterocycles. The topological polar surface area (TPSA) is 33.2 Å². The first kappa shape index (κ1) is 15.6. The van der Waals surface area contributed by atoms with Gasteiger partial charge in [-0.1, -0.05) is 19.1 Å². The Morgan fingerprint density at radius 3 is 2.55 bits per heavy atom. The van der Waals surface area contributed by atoms with E-state index in [-0.39, 0.29) is 11.6 Å². The molecule has 1 heterocycles. The molecule has 2 aromatic rings. The maximum Gasteiger partial charge on any atom is 0.197 e. The van der Waals surface area contributed by atoms with Crippen molar-refractivity contribution >= 4 is 32.5 Å². The van der Waals surface area contributed by atoms with Crippen molar-refractivity contribution in [2.24, 2.45) is 0 Å². The van der Waals surface area contributed by atoms with E-state index >= 15 is 0 Å². The van der Waals surface area contributed by atoms with Crippen LogP contribution in [0.15, 0.2) is 28.6 Å². The van der Waals surface area contributed by atoms with Gasteiger partial charge in [0, 0.05) is 11.6 Å². The van der Waals surface area contributed by atoms with Gasteiger partial charge in [-0.15, -0.1) is 11.3 Å². The molecule has 20 heavy (non-hydrogen) atoms. The van der Waals surface area contributed by atoms with Gasteiger partial charge in [0.1, 0.15) is 0 Å². The van der Waals surface area contributed by atoms with Crippen molar-refractivity contribution in [2.45, 2.75) is 57.0 Å². The van der Waals surface area contributed by atoms with Crippen LogP contribution in [0.2, 0.25) is 0 Å². The molecular weight excluding hydrogens is 288 g/mol. The van der Waals surface area contributed by atoms with E-state index in [1.807, 2.05) is 24.3 Å². The standard InChI is InChI=1S/C15H22N2OS2/c1-6-11(2)17(15(3,4)5)20(18)14-16-12-9-7-8-10-13(12)19-14/h7-11H,6H2,1-5H3. The van der Waals surface area contributed by atoms with Crippen LogP contribution in [0.25, 0.3) is 10.2 Å². The summed E-state index contributed by atoms with van der Waals surface area (Å²) in [5, 5.41) is 0. The summed E-state index contributed by atoms with van der Waals surface area (Å²) in [5.41, 5.74) is 0.775. The minimum absolute atomic E-state index is 0.155. The van der Waals surface area contributed by atoms with Gasteiger partial charge in [0.2, 0.25) is 0 Å². The first-order chi connectivity index (χ1) is 9.34. The summed E-state index contributed by atoms with van der Waals surface area (Å²) in [7, 11) is -1.21. The van der Waals surface area contributed by atoms with Crippen LogP contribution in [0.3, 0.4) is 0 Å². The van der Waals surface area contributed by atoms with E-state index in [2.05, 4.69) is 43.9 Å². The minimum Gasteiger partial charge on any atom is -0.235 e. The molecule has 2 atom stereocenters. The number of nitrogens with zero attached hydrogens (tertiary/aromatic N) is 2. The number of thiazole rings is 1. The van der Waals surface area contributed by atoms with Crippen LogP contribution >= 0.6 is 11.3 Å². The van der Waals surface area contributed by atoms with Crippen LogP contribution in [0.5, 0.6) is 0 Å². The van der Waals surface area contributed by atoms with E-state index < -0.39 is 11.0 Å². The molecule has 2 rings (SSSR count). The van der Waals surface area contributed by atoms with Crippen molar-refractivity contribution in [1.29, 1.82) is 0 Å². The van der Waals surface area contributed by atoms with Crippen LogP contribution in [-0.2, 0) is 11.0 Å². The van der Waals surface area contributed by atoms with Gasteiger partial charge in [-0.2, -0.15) is 0 Å². The Labute approximate surface area is 127 Å². The lowest BCUT2D eigenvalue weighted by atomic mass is 10.1. The second-order valence-corrected chi connectivity index (χ2v) is 8.52. The first-order valence-electron chi connectivity index (χ1n) is 6.91. The molecule has 0 aliphatic carbocycles. The summed E-state index contributed by atoms with van der Waals surface area (Å²) >= 11 is 1.52. The monoisotopic (exact) mass is 310 g/mol. The quantitative estimate of drug-likeness (QED) is 0.847. The van der Waals surface area contributed by atoms with E-state index in [1.165, 1.54) is 11.3 Å². The van der Waals surface area contributed by atoms with E-state index in [0.717, 1.165) is 16.6 Å². The fraction of sp³-hybridized carbons (Fsp3) is 0.533. The molecular formula is C15H22N2OS2. The summed E-state index contributed by atoms with van der Waals surface area (Å²) in [6, 6.07) is 8.20. The van der Waals surface area contributed by atoms with Crippen molar-refractivity contribution in [3.8, 4) is 0 Å². The highest BCUT2D eigenvalue weighted by Crippen LogP contribution is 2.30. The largest absolute Gasteiger partial charge is 0.235 e. The molecule has 0 bridgehead atoms. The summed E-state index contributed by atoms with van der Waals surface area (Å²) in [6.07, 6.45) is 0.966. The molecule has 0 N–H and O–H groups in total. The zero-order valence-electron chi connectivity index (χ0n) is 12.7. The van der Waals surface area contributed by atoms with Crippen molar-refractivity contribution in [3.63, 3.8) is 0 Å². The predicted molar refractivity (Wildman–Crippen MR) is 87.4 cm³/mol. The summed E-state index contributed by atoms with van der Waals surface area (Å²) < 4.78 is 16.8. The summed E-state index contributed by atoms with van der Waals surface area (Å²) in [6.45, 7) is 10.6. The van der Waals surface area contributed by atoms with Gasteiger partial charge in [-0.05, 0) is 46.2 Å². The minimum atomic E-state index is -1.21. The first-order valence-corrected chi connectivity index (χ1v) is 8.83. The SMILES string of the molecule is CCC(C)N(S(=O)c1nc2ccccc2s1)C(C)(C)C. The molecule has 0 aliphatic rings. The van der Waals surface area contributed by atoms with Crippen LogP contribution in [0.1, 0.15) is 41.0 Å². The van der Waals surface area contributed by atoms with Gasteiger partial charge in [0.15, 0.2) is 15.3 Å². The average molecular weight is 310 g/mol. The Hall–Kier alpha value is -0.780. The summed E-state index contributed by atoms with van der Waals surface area (Å²) in [5.74, 6) is 0. The van der Waals surface area contributed by atoms with Crippen molar-refractivity contribution in [2.75, 3.05) is 0 Å². The Morgan fingerprint density at radius 1 is 1.35 bits per heavy atom. The maximum absolute atomic E-state index is 12.9. The van der Waals surface area contributed by atoms with Crippen molar-refractivity contribution in [1.82, 2.24) is 9.29 Å². The highest BCUT2D eigenvalue weighted by Gasteiger charge is 2.32. The van der Waals surface area contributed by atoms with Gasteiger partial charge in [0.25, 0.3) is 0 Å². The van der Waals surface area contributed by atoms with Crippen LogP contribution < -0.4 is 0 Å². The number of para-hydroxylation sites is 1. The smallest absolute Gasteiger partial charge is 0.197 e. The molecule has 1 aromatic carbocycles. The molecule has 3 nitrogen and oxygen atoms in total. The Kier molecular flexibility index (Phi) is 4.62. The Balaban J connectivity index is 2.41. The van der Waals surface area contributed by atoms with E-state index in [1.54, 1.807) is 0 Å². The molecule has 0 saturated carbocycles. The number of hydrogen-bond donors (Lipinski definition) is 0. The number of aromatic nitrogens is 1. The van der Waals surface area contributed by atoms with E-state index in [4.69, 9.17) is 0 Å². The highest BCUT2D eigenvalue weighted by atomic mass is 32.2.